The van der Waals surface area contributed by atoms with Crippen LogP contribution < -0.4 is 16.0 Å². The van der Waals surface area contributed by atoms with Crippen LogP contribution in [0.4, 0.5) is 10.5 Å². The quantitative estimate of drug-likeness (QED) is 0.751. The van der Waals surface area contributed by atoms with Gasteiger partial charge < -0.3 is 16.0 Å². The Morgan fingerprint density at radius 3 is 2.29 bits per heavy atom. The van der Waals surface area contributed by atoms with Gasteiger partial charge in [0.05, 0.1) is 0 Å². The SMILES string of the molecule is Cc1ccc(C(=O)NC2CC2)cc1NC(=O)NC(C1CC1)C1CC1. The van der Waals surface area contributed by atoms with Crippen LogP contribution in [0.5, 0.6) is 0 Å². The summed E-state index contributed by atoms with van der Waals surface area (Å²) in [4.78, 5) is 24.6. The first-order chi connectivity index (χ1) is 11.6. The molecule has 24 heavy (non-hydrogen) atoms. The van der Waals surface area contributed by atoms with Gasteiger partial charge in [-0.3, -0.25) is 4.79 Å². The van der Waals surface area contributed by atoms with Crippen LogP contribution >= 0.6 is 0 Å². The topological polar surface area (TPSA) is 70.2 Å². The van der Waals surface area contributed by atoms with Crippen molar-refractivity contribution in [2.45, 2.75) is 57.5 Å². The third kappa shape index (κ3) is 3.71. The van der Waals surface area contributed by atoms with E-state index >= 15 is 0 Å². The van der Waals surface area contributed by atoms with Crippen molar-refractivity contribution in [2.75, 3.05) is 5.32 Å². The van der Waals surface area contributed by atoms with Gasteiger partial charge in [-0.15, -0.1) is 0 Å². The maximum Gasteiger partial charge on any atom is 0.319 e. The normalized spacial score (nSPS) is 19.9. The van der Waals surface area contributed by atoms with Crippen LogP contribution in [0.2, 0.25) is 0 Å². The molecule has 3 aliphatic rings. The zero-order valence-electron chi connectivity index (χ0n) is 14.1. The molecule has 4 rings (SSSR count). The van der Waals surface area contributed by atoms with Crippen molar-refractivity contribution in [3.63, 3.8) is 0 Å². The van der Waals surface area contributed by atoms with Gasteiger partial charge in [0.25, 0.3) is 5.91 Å². The fraction of sp³-hybridized carbons (Fsp3) is 0.579. The number of benzene rings is 1. The molecule has 3 saturated carbocycles. The summed E-state index contributed by atoms with van der Waals surface area (Å²) in [6.07, 6.45) is 7.06. The van der Waals surface area contributed by atoms with E-state index in [9.17, 15) is 9.59 Å². The lowest BCUT2D eigenvalue weighted by Crippen LogP contribution is -2.40. The van der Waals surface area contributed by atoms with Gasteiger partial charge in [-0.2, -0.15) is 0 Å². The Hall–Kier alpha value is -2.04. The first-order valence-corrected chi connectivity index (χ1v) is 9.09. The summed E-state index contributed by atoms with van der Waals surface area (Å²) in [5.74, 6) is 1.27. The highest BCUT2D eigenvalue weighted by molar-refractivity contribution is 5.97. The van der Waals surface area contributed by atoms with Crippen molar-refractivity contribution in [1.29, 1.82) is 0 Å². The highest BCUT2D eigenvalue weighted by atomic mass is 16.2. The molecule has 0 aliphatic heterocycles. The maximum atomic E-state index is 12.4. The van der Waals surface area contributed by atoms with Gasteiger partial charge in [-0.1, -0.05) is 6.07 Å². The minimum Gasteiger partial charge on any atom is -0.349 e. The molecule has 0 unspecified atom stereocenters. The van der Waals surface area contributed by atoms with Gasteiger partial charge in [-0.05, 0) is 75.0 Å². The Balaban J connectivity index is 1.40. The number of anilines is 1. The monoisotopic (exact) mass is 327 g/mol. The Kier molecular flexibility index (Phi) is 3.94. The minimum absolute atomic E-state index is 0.0604. The number of amides is 3. The second-order valence-corrected chi connectivity index (χ2v) is 7.58. The smallest absolute Gasteiger partial charge is 0.319 e. The van der Waals surface area contributed by atoms with Gasteiger partial charge >= 0.3 is 6.03 Å². The second-order valence-electron chi connectivity index (χ2n) is 7.58. The van der Waals surface area contributed by atoms with Crippen LogP contribution in [-0.2, 0) is 0 Å². The number of rotatable bonds is 6. The van der Waals surface area contributed by atoms with Crippen LogP contribution in [0.1, 0.15) is 54.4 Å². The van der Waals surface area contributed by atoms with E-state index in [1.165, 1.54) is 25.7 Å². The molecule has 0 aromatic heterocycles. The lowest BCUT2D eigenvalue weighted by atomic mass is 10.1. The van der Waals surface area contributed by atoms with Crippen molar-refractivity contribution < 1.29 is 9.59 Å². The predicted molar refractivity (Wildman–Crippen MR) is 93.1 cm³/mol. The highest BCUT2D eigenvalue weighted by Crippen LogP contribution is 2.44. The van der Waals surface area contributed by atoms with Crippen LogP contribution in [0.3, 0.4) is 0 Å². The lowest BCUT2D eigenvalue weighted by Gasteiger charge is -2.19. The number of nitrogens with one attached hydrogen (secondary N) is 3. The minimum atomic E-state index is -0.151. The standard InChI is InChI=1S/C19H25N3O2/c1-11-2-3-14(18(23)20-15-8-9-15)10-16(11)21-19(24)22-17(12-4-5-12)13-6-7-13/h2-3,10,12-13,15,17H,4-9H2,1H3,(H,20,23)(H2,21,22,24). The van der Waals surface area contributed by atoms with Crippen molar-refractivity contribution in [3.8, 4) is 0 Å². The summed E-state index contributed by atoms with van der Waals surface area (Å²) in [6, 6.07) is 5.98. The molecule has 0 radical (unpaired) electrons. The summed E-state index contributed by atoms with van der Waals surface area (Å²) < 4.78 is 0. The number of hydrogen-bond donors (Lipinski definition) is 3. The third-order valence-electron chi connectivity index (χ3n) is 5.22. The van der Waals surface area contributed by atoms with Crippen LogP contribution in [0.25, 0.3) is 0 Å². The molecule has 0 saturated heterocycles. The Morgan fingerprint density at radius 2 is 1.71 bits per heavy atom. The molecular weight excluding hydrogens is 302 g/mol. The summed E-state index contributed by atoms with van der Waals surface area (Å²) in [6.45, 7) is 1.94. The molecule has 5 heteroatoms. The largest absolute Gasteiger partial charge is 0.349 e. The Bertz CT molecular complexity index is 649. The number of urea groups is 1. The summed E-state index contributed by atoms with van der Waals surface area (Å²) in [5, 5.41) is 9.08. The van der Waals surface area contributed by atoms with Crippen molar-refractivity contribution >= 4 is 17.6 Å². The molecule has 1 aromatic carbocycles. The molecule has 3 N–H and O–H groups in total. The van der Waals surface area contributed by atoms with E-state index in [2.05, 4.69) is 16.0 Å². The molecule has 0 atom stereocenters. The van der Waals surface area contributed by atoms with Gasteiger partial charge in [0.15, 0.2) is 0 Å². The number of hydrogen-bond acceptors (Lipinski definition) is 2. The number of aryl methyl sites for hydroxylation is 1. The average Bonchev–Trinajstić information content (AvgIpc) is 3.38. The molecule has 3 fully saturated rings. The van der Waals surface area contributed by atoms with Gasteiger partial charge in [0.2, 0.25) is 0 Å². The second kappa shape index (κ2) is 6.11. The molecule has 1 aromatic rings. The highest BCUT2D eigenvalue weighted by Gasteiger charge is 2.42. The van der Waals surface area contributed by atoms with E-state index in [0.717, 1.165) is 18.4 Å². The molecule has 0 spiro atoms. The van der Waals surface area contributed by atoms with E-state index in [1.54, 1.807) is 6.07 Å². The fourth-order valence-electron chi connectivity index (χ4n) is 3.24. The molecular formula is C19H25N3O2. The van der Waals surface area contributed by atoms with Crippen molar-refractivity contribution in [2.24, 2.45) is 11.8 Å². The van der Waals surface area contributed by atoms with Crippen molar-refractivity contribution in [3.05, 3.63) is 29.3 Å². The zero-order valence-corrected chi connectivity index (χ0v) is 14.1. The van der Waals surface area contributed by atoms with Gasteiger partial charge in [0, 0.05) is 23.3 Å². The first kappa shape index (κ1) is 15.5. The van der Waals surface area contributed by atoms with Gasteiger partial charge in [-0.25, -0.2) is 4.79 Å². The molecule has 0 heterocycles. The van der Waals surface area contributed by atoms with E-state index < -0.39 is 0 Å². The zero-order chi connectivity index (χ0) is 16.7. The summed E-state index contributed by atoms with van der Waals surface area (Å²) in [7, 11) is 0. The number of carbonyl (C=O) groups is 2. The van der Waals surface area contributed by atoms with Crippen LogP contribution in [-0.4, -0.2) is 24.0 Å². The van der Waals surface area contributed by atoms with Crippen LogP contribution in [0.15, 0.2) is 18.2 Å². The Morgan fingerprint density at radius 1 is 1.04 bits per heavy atom. The van der Waals surface area contributed by atoms with Crippen LogP contribution in [0, 0.1) is 18.8 Å². The summed E-state index contributed by atoms with van der Waals surface area (Å²) in [5.41, 5.74) is 2.27. The number of carbonyl (C=O) groups excluding carboxylic acids is 2. The maximum absolute atomic E-state index is 12.4. The first-order valence-electron chi connectivity index (χ1n) is 9.09. The summed E-state index contributed by atoms with van der Waals surface area (Å²) >= 11 is 0. The van der Waals surface area contributed by atoms with E-state index in [1.807, 2.05) is 19.1 Å². The molecule has 0 bridgehead atoms. The Labute approximate surface area is 142 Å². The van der Waals surface area contributed by atoms with E-state index in [0.29, 0.717) is 35.2 Å². The van der Waals surface area contributed by atoms with E-state index in [4.69, 9.17) is 0 Å². The molecule has 3 amide bonds. The molecule has 128 valence electrons. The van der Waals surface area contributed by atoms with E-state index in [-0.39, 0.29) is 11.9 Å². The fourth-order valence-corrected chi connectivity index (χ4v) is 3.24. The molecule has 5 nitrogen and oxygen atoms in total. The third-order valence-corrected chi connectivity index (χ3v) is 5.22. The lowest BCUT2D eigenvalue weighted by molar-refractivity contribution is 0.0951. The predicted octanol–water partition coefficient (Wildman–Crippen LogP) is 3.20. The van der Waals surface area contributed by atoms with Gasteiger partial charge in [0.1, 0.15) is 0 Å². The van der Waals surface area contributed by atoms with Crippen molar-refractivity contribution in [1.82, 2.24) is 10.6 Å². The average molecular weight is 327 g/mol. The molecule has 3 aliphatic carbocycles.